The molecule has 0 unspecified atom stereocenters. The zero-order valence-electron chi connectivity index (χ0n) is 24.5. The van der Waals surface area contributed by atoms with Crippen LogP contribution in [0, 0.1) is 6.57 Å². The van der Waals surface area contributed by atoms with Gasteiger partial charge in [-0.25, -0.2) is 11.6 Å². The highest BCUT2D eigenvalue weighted by molar-refractivity contribution is 6.36. The minimum Gasteiger partial charge on any atom is -0.461 e. The maximum Gasteiger partial charge on any atom is 0.320 e. The number of piperazine rings is 1. The second-order valence-corrected chi connectivity index (χ2v) is 12.2. The molecular weight excluding hydrogens is 576 g/mol. The van der Waals surface area contributed by atoms with Crippen molar-refractivity contribution in [3.8, 4) is 17.3 Å². The molecule has 0 spiro atoms. The summed E-state index contributed by atoms with van der Waals surface area (Å²) in [6.45, 7) is 15.5. The molecule has 1 atom stereocenters. The van der Waals surface area contributed by atoms with Gasteiger partial charge in [0.25, 0.3) is 0 Å². The quantitative estimate of drug-likeness (QED) is 0.213. The summed E-state index contributed by atoms with van der Waals surface area (Å²) in [5.41, 5.74) is 2.06. The Morgan fingerprint density at radius 1 is 1.11 bits per heavy atom. The van der Waals surface area contributed by atoms with E-state index in [1.165, 1.54) is 18.9 Å². The maximum atomic E-state index is 12.6. The highest BCUT2D eigenvalue weighted by Gasteiger charge is 2.45. The van der Waals surface area contributed by atoms with Crippen molar-refractivity contribution in [1.29, 1.82) is 0 Å². The number of fused-ring (bicyclic) bond motifs is 3. The molecule has 0 N–H and O–H groups in total. The van der Waals surface area contributed by atoms with Crippen LogP contribution in [0.4, 0.5) is 5.82 Å². The molecule has 0 aliphatic carbocycles. The number of anilines is 1. The minimum atomic E-state index is -0.290. The second kappa shape index (κ2) is 11.6. The zero-order valence-corrected chi connectivity index (χ0v) is 25.2. The lowest BCUT2D eigenvalue weighted by molar-refractivity contribution is -0.128. The van der Waals surface area contributed by atoms with Gasteiger partial charge in [0, 0.05) is 53.4 Å². The Morgan fingerprint density at radius 2 is 1.95 bits per heavy atom. The lowest BCUT2D eigenvalue weighted by Crippen LogP contribution is -2.56. The zero-order chi connectivity index (χ0) is 30.3. The summed E-state index contributed by atoms with van der Waals surface area (Å²) in [4.78, 5) is 41.8. The van der Waals surface area contributed by atoms with Crippen molar-refractivity contribution in [2.75, 3.05) is 50.8 Å². The molecule has 4 aromatic rings. The number of pyridine rings is 2. The topological polar surface area (TPSA) is 91.9 Å². The molecule has 11 heteroatoms. The molecule has 1 aromatic carbocycles. The Kier molecular flexibility index (Phi) is 7.52. The molecule has 3 saturated heterocycles. The van der Waals surface area contributed by atoms with Crippen LogP contribution in [0.15, 0.2) is 55.4 Å². The molecule has 1 amide bonds. The molecule has 3 aromatic heterocycles. The first kappa shape index (κ1) is 28.4. The Balaban J connectivity index is 1.30. The van der Waals surface area contributed by atoms with E-state index >= 15 is 0 Å². The Hall–Kier alpha value is -4.33. The number of benzene rings is 1. The molecule has 6 heterocycles. The predicted molar refractivity (Wildman–Crippen MR) is 171 cm³/mol. The molecule has 0 radical (unpaired) electrons. The number of halogens is 1. The number of nitrogens with zero attached hydrogens (tertiary/aromatic N) is 8. The Morgan fingerprint density at radius 3 is 2.75 bits per heavy atom. The summed E-state index contributed by atoms with van der Waals surface area (Å²) < 4.78 is 6.43. The van der Waals surface area contributed by atoms with Gasteiger partial charge < -0.3 is 19.4 Å². The van der Waals surface area contributed by atoms with E-state index in [2.05, 4.69) is 26.2 Å². The molecule has 0 saturated carbocycles. The van der Waals surface area contributed by atoms with Crippen LogP contribution < -0.4 is 9.64 Å². The SMILES string of the molecule is [C-]#[N+]C[C@H]1CN(c2nc(OCC34CCCN3CCC4)nc3nc(-c4cncc5cccc(Cl)c45)ccc23)CCN1C(=O)C=C. The van der Waals surface area contributed by atoms with Gasteiger partial charge in [0.15, 0.2) is 5.65 Å². The monoisotopic (exact) mass is 608 g/mol. The number of carbonyl (C=O) groups excluding carboxylic acids is 1. The third-order valence-electron chi connectivity index (χ3n) is 9.35. The van der Waals surface area contributed by atoms with Gasteiger partial charge in [-0.3, -0.25) is 14.7 Å². The van der Waals surface area contributed by atoms with Crippen molar-refractivity contribution in [3.63, 3.8) is 0 Å². The second-order valence-electron chi connectivity index (χ2n) is 11.8. The normalized spacial score (nSPS) is 19.7. The van der Waals surface area contributed by atoms with E-state index < -0.39 is 0 Å². The average molecular weight is 609 g/mol. The number of rotatable bonds is 7. The van der Waals surface area contributed by atoms with Crippen LogP contribution in [0.2, 0.25) is 5.02 Å². The van der Waals surface area contributed by atoms with Crippen molar-refractivity contribution < 1.29 is 9.53 Å². The van der Waals surface area contributed by atoms with Gasteiger partial charge in [-0.15, -0.1) is 0 Å². The minimum absolute atomic E-state index is 0.0382. The summed E-state index contributed by atoms with van der Waals surface area (Å²) in [5.74, 6) is 0.520. The predicted octanol–water partition coefficient (Wildman–Crippen LogP) is 5.02. The summed E-state index contributed by atoms with van der Waals surface area (Å²) >= 11 is 6.65. The van der Waals surface area contributed by atoms with E-state index in [4.69, 9.17) is 37.9 Å². The fraction of sp³-hybridized carbons (Fsp3) is 0.394. The average Bonchev–Trinajstić information content (AvgIpc) is 3.63. The molecule has 3 aliphatic rings. The first-order valence-electron chi connectivity index (χ1n) is 15.1. The van der Waals surface area contributed by atoms with Crippen molar-refractivity contribution in [2.24, 2.45) is 0 Å². The molecule has 10 nitrogen and oxygen atoms in total. The molecule has 3 aliphatic heterocycles. The summed E-state index contributed by atoms with van der Waals surface area (Å²) in [7, 11) is 0. The van der Waals surface area contributed by atoms with Gasteiger partial charge in [-0.2, -0.15) is 9.97 Å². The molecular formula is C33H33ClN8O2. The first-order valence-corrected chi connectivity index (χ1v) is 15.5. The molecule has 7 rings (SSSR count). The molecule has 44 heavy (non-hydrogen) atoms. The maximum absolute atomic E-state index is 12.6. The van der Waals surface area contributed by atoms with Gasteiger partial charge in [0.2, 0.25) is 12.5 Å². The number of hydrogen-bond acceptors (Lipinski definition) is 8. The van der Waals surface area contributed by atoms with Gasteiger partial charge >= 0.3 is 6.01 Å². The summed E-state index contributed by atoms with van der Waals surface area (Å²) in [6, 6.07) is 9.67. The van der Waals surface area contributed by atoms with E-state index in [0.717, 1.165) is 47.7 Å². The van der Waals surface area contributed by atoms with E-state index in [0.29, 0.717) is 48.4 Å². The van der Waals surface area contributed by atoms with Crippen LogP contribution >= 0.6 is 11.6 Å². The fourth-order valence-electron chi connectivity index (χ4n) is 7.19. The van der Waals surface area contributed by atoms with E-state index in [1.807, 2.05) is 30.3 Å². The van der Waals surface area contributed by atoms with Crippen LogP contribution in [0.1, 0.15) is 25.7 Å². The molecule has 3 fully saturated rings. The third kappa shape index (κ3) is 5.00. The standard InChI is InChI=1S/C33H33ClN8O2/c1-3-28(43)42-16-15-40(20-23(42)18-35-2)31-24-9-10-27(25-19-36-17-22-7-4-8-26(34)29(22)25)37-30(24)38-32(39-31)44-21-33-11-5-13-41(33)14-6-12-33/h3-4,7-10,17,19,23H,1,5-6,11-16,18,20-21H2/t23-/m0/s1. The lowest BCUT2D eigenvalue weighted by Gasteiger charge is -2.39. The van der Waals surface area contributed by atoms with Crippen LogP contribution in [0.3, 0.4) is 0 Å². The highest BCUT2D eigenvalue weighted by Crippen LogP contribution is 2.39. The Labute approximate surface area is 261 Å². The van der Waals surface area contributed by atoms with Crippen molar-refractivity contribution >= 4 is 45.1 Å². The Bertz CT molecular complexity index is 1790. The largest absolute Gasteiger partial charge is 0.461 e. The summed E-state index contributed by atoms with van der Waals surface area (Å²) in [6.07, 6.45) is 9.47. The number of hydrogen-bond donors (Lipinski definition) is 0. The number of carbonyl (C=O) groups is 1. The van der Waals surface area contributed by atoms with Crippen LogP contribution in [-0.4, -0.2) is 93.1 Å². The number of amides is 1. The van der Waals surface area contributed by atoms with E-state index in [9.17, 15) is 4.79 Å². The van der Waals surface area contributed by atoms with Crippen molar-refractivity contribution in [2.45, 2.75) is 37.3 Å². The van der Waals surface area contributed by atoms with Gasteiger partial charge in [-0.05, 0) is 63.0 Å². The highest BCUT2D eigenvalue weighted by atomic mass is 35.5. The third-order valence-corrected chi connectivity index (χ3v) is 9.67. The van der Waals surface area contributed by atoms with Gasteiger partial charge in [0.05, 0.1) is 16.6 Å². The van der Waals surface area contributed by atoms with Crippen molar-refractivity contribution in [1.82, 2.24) is 29.7 Å². The van der Waals surface area contributed by atoms with E-state index in [-0.39, 0.29) is 30.0 Å². The number of ether oxygens (including phenoxy) is 1. The fourth-order valence-corrected chi connectivity index (χ4v) is 7.47. The van der Waals surface area contributed by atoms with E-state index in [1.54, 1.807) is 17.3 Å². The van der Waals surface area contributed by atoms with Crippen molar-refractivity contribution in [3.05, 3.63) is 71.8 Å². The van der Waals surface area contributed by atoms with Gasteiger partial charge in [0.1, 0.15) is 18.5 Å². The number of aromatic nitrogens is 4. The lowest BCUT2D eigenvalue weighted by atomic mass is 9.95. The van der Waals surface area contributed by atoms with Crippen LogP contribution in [-0.2, 0) is 4.79 Å². The van der Waals surface area contributed by atoms with Crippen LogP contribution in [0.5, 0.6) is 6.01 Å². The molecule has 224 valence electrons. The summed E-state index contributed by atoms with van der Waals surface area (Å²) in [5, 5.41) is 3.21. The molecule has 0 bridgehead atoms. The first-order chi connectivity index (χ1) is 21.5. The van der Waals surface area contributed by atoms with Gasteiger partial charge in [-0.1, -0.05) is 30.3 Å². The van der Waals surface area contributed by atoms with Crippen LogP contribution in [0.25, 0.3) is 37.9 Å². The smallest absolute Gasteiger partial charge is 0.320 e.